The predicted octanol–water partition coefficient (Wildman–Crippen LogP) is 3.54. The van der Waals surface area contributed by atoms with Crippen LogP contribution in [0.25, 0.3) is 21.8 Å². The van der Waals surface area contributed by atoms with Gasteiger partial charge in [-0.3, -0.25) is 4.98 Å². The van der Waals surface area contributed by atoms with Gasteiger partial charge in [0.25, 0.3) is 0 Å². The molecule has 0 bridgehead atoms. The number of rotatable bonds is 6. The van der Waals surface area contributed by atoms with E-state index in [4.69, 9.17) is 20.4 Å². The molecule has 7 heteroatoms. The third-order valence-corrected chi connectivity index (χ3v) is 4.60. The topological polar surface area (TPSA) is 106 Å². The van der Waals surface area contributed by atoms with Crippen LogP contribution in [0, 0.1) is 0 Å². The van der Waals surface area contributed by atoms with Crippen LogP contribution in [0.1, 0.15) is 16.8 Å². The smallest absolute Gasteiger partial charge is 0.189 e. The average molecular weight is 376 g/mol. The summed E-state index contributed by atoms with van der Waals surface area (Å²) in [6, 6.07) is 15.8. The zero-order valence-electron chi connectivity index (χ0n) is 15.3. The van der Waals surface area contributed by atoms with Gasteiger partial charge in [0.1, 0.15) is 18.1 Å². The Balaban J connectivity index is 1.90. The number of methoxy groups -OCH3 is 1. The number of fused-ring (bicyclic) bond motifs is 3. The SMILES string of the molecule is COCc1c(C(N)=NO)ncc2[nH]c3cccc(OCc4ccccc4)c3c12. The van der Waals surface area contributed by atoms with Gasteiger partial charge in [0, 0.05) is 23.4 Å². The number of H-pyrrole nitrogens is 1. The molecular formula is C21H20N4O3. The number of hydrogen-bond acceptors (Lipinski definition) is 5. The minimum atomic E-state index is -0.0639. The van der Waals surface area contributed by atoms with Gasteiger partial charge in [0.05, 0.1) is 23.8 Å². The molecule has 0 amide bonds. The van der Waals surface area contributed by atoms with E-state index in [0.29, 0.717) is 12.3 Å². The molecule has 4 N–H and O–H groups in total. The second-order valence-electron chi connectivity index (χ2n) is 6.37. The molecule has 4 rings (SSSR count). The summed E-state index contributed by atoms with van der Waals surface area (Å²) in [5.74, 6) is 0.674. The van der Waals surface area contributed by atoms with Crippen molar-refractivity contribution in [2.75, 3.05) is 7.11 Å². The number of ether oxygens (including phenoxy) is 2. The van der Waals surface area contributed by atoms with Gasteiger partial charge >= 0.3 is 0 Å². The van der Waals surface area contributed by atoms with Crippen molar-refractivity contribution in [3.63, 3.8) is 0 Å². The van der Waals surface area contributed by atoms with E-state index in [-0.39, 0.29) is 12.4 Å². The minimum absolute atomic E-state index is 0.0639. The summed E-state index contributed by atoms with van der Waals surface area (Å²) in [6.07, 6.45) is 1.67. The highest BCUT2D eigenvalue weighted by Crippen LogP contribution is 2.36. The van der Waals surface area contributed by atoms with Gasteiger partial charge in [-0.05, 0) is 17.7 Å². The lowest BCUT2D eigenvalue weighted by atomic mass is 10.0. The summed E-state index contributed by atoms with van der Waals surface area (Å²) >= 11 is 0. The molecule has 28 heavy (non-hydrogen) atoms. The van der Waals surface area contributed by atoms with E-state index in [1.807, 2.05) is 48.5 Å². The molecule has 0 aliphatic heterocycles. The van der Waals surface area contributed by atoms with Crippen LogP contribution in [0.2, 0.25) is 0 Å². The van der Waals surface area contributed by atoms with Crippen LogP contribution in [0.5, 0.6) is 5.75 Å². The number of oxime groups is 1. The fourth-order valence-corrected chi connectivity index (χ4v) is 3.38. The van der Waals surface area contributed by atoms with Crippen LogP contribution in [-0.2, 0) is 18.0 Å². The number of pyridine rings is 1. The highest BCUT2D eigenvalue weighted by molar-refractivity contribution is 6.14. The van der Waals surface area contributed by atoms with Crippen molar-refractivity contribution in [2.24, 2.45) is 10.9 Å². The van der Waals surface area contributed by atoms with E-state index in [9.17, 15) is 0 Å². The van der Waals surface area contributed by atoms with E-state index >= 15 is 0 Å². The Kier molecular flexibility index (Phi) is 4.82. The molecule has 0 aliphatic carbocycles. The molecule has 0 radical (unpaired) electrons. The maximum absolute atomic E-state index is 9.13. The Morgan fingerprint density at radius 3 is 2.64 bits per heavy atom. The van der Waals surface area contributed by atoms with Gasteiger partial charge in [-0.1, -0.05) is 41.6 Å². The first-order valence-electron chi connectivity index (χ1n) is 8.78. The molecule has 0 saturated carbocycles. The molecule has 0 unspecified atom stereocenters. The lowest BCUT2D eigenvalue weighted by Crippen LogP contribution is -2.18. The molecule has 0 fully saturated rings. The Bertz CT molecular complexity index is 1150. The van der Waals surface area contributed by atoms with E-state index < -0.39 is 0 Å². The number of nitrogens with two attached hydrogens (primary N) is 1. The molecule has 0 aliphatic rings. The molecular weight excluding hydrogens is 356 g/mol. The van der Waals surface area contributed by atoms with Gasteiger partial charge in [-0.15, -0.1) is 0 Å². The highest BCUT2D eigenvalue weighted by Gasteiger charge is 2.19. The van der Waals surface area contributed by atoms with Crippen LogP contribution in [-0.4, -0.2) is 28.1 Å². The van der Waals surface area contributed by atoms with Crippen molar-refractivity contribution in [3.05, 3.63) is 71.5 Å². The number of nitrogens with zero attached hydrogens (tertiary/aromatic N) is 2. The summed E-state index contributed by atoms with van der Waals surface area (Å²) in [5, 5.41) is 14.0. The van der Waals surface area contributed by atoms with Crippen LogP contribution in [0.3, 0.4) is 0 Å². The number of benzene rings is 2. The molecule has 0 saturated heterocycles. The van der Waals surface area contributed by atoms with Gasteiger partial charge < -0.3 is 25.4 Å². The summed E-state index contributed by atoms with van der Waals surface area (Å²) in [5.41, 5.74) is 9.78. The maximum atomic E-state index is 9.13. The van der Waals surface area contributed by atoms with Crippen molar-refractivity contribution in [1.29, 1.82) is 0 Å². The molecule has 0 spiro atoms. The fourth-order valence-electron chi connectivity index (χ4n) is 3.38. The second-order valence-corrected chi connectivity index (χ2v) is 6.37. The first-order chi connectivity index (χ1) is 13.7. The molecule has 2 aromatic carbocycles. The largest absolute Gasteiger partial charge is 0.488 e. The predicted molar refractivity (Wildman–Crippen MR) is 108 cm³/mol. The zero-order valence-corrected chi connectivity index (χ0v) is 15.3. The van der Waals surface area contributed by atoms with Crippen LogP contribution >= 0.6 is 0 Å². The Morgan fingerprint density at radius 1 is 1.07 bits per heavy atom. The van der Waals surface area contributed by atoms with E-state index in [1.165, 1.54) is 0 Å². The third kappa shape index (κ3) is 3.12. The Hall–Kier alpha value is -3.58. The Morgan fingerprint density at radius 2 is 1.89 bits per heavy atom. The number of hydrogen-bond donors (Lipinski definition) is 3. The number of aromatic amines is 1. The van der Waals surface area contributed by atoms with Crippen LogP contribution in [0.4, 0.5) is 0 Å². The van der Waals surface area contributed by atoms with Crippen molar-refractivity contribution in [3.8, 4) is 5.75 Å². The summed E-state index contributed by atoms with van der Waals surface area (Å²) in [7, 11) is 1.59. The number of aromatic nitrogens is 2. The molecule has 2 heterocycles. The summed E-state index contributed by atoms with van der Waals surface area (Å²) in [4.78, 5) is 7.71. The van der Waals surface area contributed by atoms with Crippen LogP contribution in [0.15, 0.2) is 59.9 Å². The van der Waals surface area contributed by atoms with Crippen LogP contribution < -0.4 is 10.5 Å². The van der Waals surface area contributed by atoms with Gasteiger partial charge in [0.15, 0.2) is 5.84 Å². The number of amidine groups is 1. The first-order valence-corrected chi connectivity index (χ1v) is 8.78. The van der Waals surface area contributed by atoms with E-state index in [2.05, 4.69) is 15.1 Å². The third-order valence-electron chi connectivity index (χ3n) is 4.60. The lowest BCUT2D eigenvalue weighted by Gasteiger charge is -2.11. The van der Waals surface area contributed by atoms with Crippen molar-refractivity contribution >= 4 is 27.6 Å². The van der Waals surface area contributed by atoms with Crippen molar-refractivity contribution in [1.82, 2.24) is 9.97 Å². The normalized spacial score (nSPS) is 12.0. The van der Waals surface area contributed by atoms with Gasteiger partial charge in [0.2, 0.25) is 0 Å². The quantitative estimate of drug-likeness (QED) is 0.207. The van der Waals surface area contributed by atoms with E-state index in [0.717, 1.165) is 38.7 Å². The molecule has 0 atom stereocenters. The lowest BCUT2D eigenvalue weighted by molar-refractivity contribution is 0.185. The standard InChI is InChI=1S/C21H20N4O3/c1-27-12-14-18-16(10-23-20(14)21(22)25-26)24-15-8-5-9-17(19(15)18)28-11-13-6-3-2-4-7-13/h2-10,24,26H,11-12H2,1H3,(H2,22,25). The van der Waals surface area contributed by atoms with E-state index in [1.54, 1.807) is 13.3 Å². The summed E-state index contributed by atoms with van der Waals surface area (Å²) in [6.45, 7) is 0.709. The van der Waals surface area contributed by atoms with Crippen molar-refractivity contribution < 1.29 is 14.7 Å². The number of nitrogens with one attached hydrogen (secondary N) is 1. The molecule has 2 aromatic heterocycles. The molecule has 4 aromatic rings. The second kappa shape index (κ2) is 7.58. The Labute approximate surface area is 161 Å². The highest BCUT2D eigenvalue weighted by atomic mass is 16.5. The fraction of sp³-hybridized carbons (Fsp3) is 0.143. The average Bonchev–Trinajstić information content (AvgIpc) is 3.12. The minimum Gasteiger partial charge on any atom is -0.488 e. The van der Waals surface area contributed by atoms with Gasteiger partial charge in [-0.2, -0.15) is 0 Å². The summed E-state index contributed by atoms with van der Waals surface area (Å²) < 4.78 is 11.5. The zero-order chi connectivity index (χ0) is 19.5. The van der Waals surface area contributed by atoms with Gasteiger partial charge in [-0.25, -0.2) is 0 Å². The maximum Gasteiger partial charge on any atom is 0.189 e. The monoisotopic (exact) mass is 376 g/mol. The molecule has 7 nitrogen and oxygen atoms in total. The molecule has 142 valence electrons. The first kappa shape index (κ1) is 17.8. The van der Waals surface area contributed by atoms with Crippen molar-refractivity contribution in [2.45, 2.75) is 13.2 Å².